The molecule has 3 aromatic rings. The molecule has 0 atom stereocenters. The third-order valence-corrected chi connectivity index (χ3v) is 5.35. The lowest BCUT2D eigenvalue weighted by molar-refractivity contribution is -0.136. The van der Waals surface area contributed by atoms with Crippen molar-refractivity contribution in [2.45, 2.75) is 26.2 Å². The van der Waals surface area contributed by atoms with E-state index in [1.54, 1.807) is 6.92 Å². The Bertz CT molecular complexity index is 1240. The van der Waals surface area contributed by atoms with Crippen molar-refractivity contribution in [3.8, 4) is 5.75 Å². The number of phenolic OH excluding ortho intramolecular Hbond substituents is 1. The smallest absolute Gasteiger partial charge is 0.305 e. The molecule has 3 rings (SSSR count). The predicted octanol–water partition coefficient (Wildman–Crippen LogP) is 3.80. The first-order valence-corrected chi connectivity index (χ1v) is 9.99. The van der Waals surface area contributed by atoms with Crippen LogP contribution in [0.5, 0.6) is 5.75 Å². The first kappa shape index (κ1) is 23.2. The lowest BCUT2D eigenvalue weighted by Gasteiger charge is -2.08. The number of aryl methyl sites for hydroxylation is 1. The quantitative estimate of drug-likeness (QED) is 0.493. The van der Waals surface area contributed by atoms with Crippen LogP contribution in [0.25, 0.3) is 10.9 Å². The molecule has 0 spiro atoms. The minimum Gasteiger partial charge on any atom is -0.505 e. The highest BCUT2D eigenvalue weighted by Gasteiger charge is 2.24. The largest absolute Gasteiger partial charge is 0.505 e. The molecule has 1 amide bonds. The molecule has 0 saturated heterocycles. The number of benzene rings is 2. The lowest BCUT2D eigenvalue weighted by atomic mass is 10.0. The molecule has 2 aromatic carbocycles. The summed E-state index contributed by atoms with van der Waals surface area (Å²) in [6.07, 6.45) is -0.311. The minimum atomic E-state index is -1.06. The van der Waals surface area contributed by atoms with Gasteiger partial charge in [0.15, 0.2) is 11.6 Å². The summed E-state index contributed by atoms with van der Waals surface area (Å²) >= 11 is 5.68. The monoisotopic (exact) mass is 464 g/mol. The number of aromatic hydroxyl groups is 1. The van der Waals surface area contributed by atoms with Crippen LogP contribution in [0.2, 0.25) is 5.02 Å². The van der Waals surface area contributed by atoms with Crippen molar-refractivity contribution in [1.29, 1.82) is 0 Å². The third-order valence-electron chi connectivity index (χ3n) is 5.05. The van der Waals surface area contributed by atoms with Gasteiger partial charge in [-0.3, -0.25) is 19.0 Å². The normalized spacial score (nSPS) is 11.0. The molecule has 0 aliphatic heterocycles. The number of carboxylic acid groups (broad SMARTS) is 1. The van der Waals surface area contributed by atoms with Crippen LogP contribution < -0.4 is 5.32 Å². The first-order valence-electron chi connectivity index (χ1n) is 9.61. The zero-order valence-electron chi connectivity index (χ0n) is 16.9. The number of nitrogens with one attached hydrogen (secondary N) is 1. The van der Waals surface area contributed by atoms with Crippen LogP contribution in [0.4, 0.5) is 8.78 Å². The molecule has 0 aliphatic rings. The van der Waals surface area contributed by atoms with Crippen molar-refractivity contribution in [1.82, 2.24) is 9.88 Å². The van der Waals surface area contributed by atoms with Crippen LogP contribution in [0.3, 0.4) is 0 Å². The van der Waals surface area contributed by atoms with Gasteiger partial charge in [-0.1, -0.05) is 11.6 Å². The van der Waals surface area contributed by atoms with E-state index in [1.165, 1.54) is 22.8 Å². The minimum absolute atomic E-state index is 0.0154. The summed E-state index contributed by atoms with van der Waals surface area (Å²) in [5, 5.41) is 20.8. The van der Waals surface area contributed by atoms with Gasteiger partial charge in [-0.2, -0.15) is 0 Å². The van der Waals surface area contributed by atoms with Crippen LogP contribution in [0, 0.1) is 18.6 Å². The maximum Gasteiger partial charge on any atom is 0.305 e. The van der Waals surface area contributed by atoms with Crippen molar-refractivity contribution >= 4 is 40.3 Å². The summed E-state index contributed by atoms with van der Waals surface area (Å²) in [5.41, 5.74) is 0.783. The Kier molecular flexibility index (Phi) is 6.78. The second kappa shape index (κ2) is 9.35. The van der Waals surface area contributed by atoms with Gasteiger partial charge < -0.3 is 15.5 Å². The fraction of sp³-hybridized carbons (Fsp3) is 0.227. The van der Waals surface area contributed by atoms with E-state index in [1.807, 2.05) is 0 Å². The van der Waals surface area contributed by atoms with Gasteiger partial charge >= 0.3 is 5.97 Å². The molecule has 0 bridgehead atoms. The number of hydrogen-bond donors (Lipinski definition) is 3. The average molecular weight is 465 g/mol. The number of rotatable bonds is 7. The summed E-state index contributed by atoms with van der Waals surface area (Å²) in [6.45, 7) is 1.50. The number of carboxylic acids is 1. The molecule has 0 aliphatic carbocycles. The molecule has 32 heavy (non-hydrogen) atoms. The number of hydrogen-bond acceptors (Lipinski definition) is 4. The fourth-order valence-electron chi connectivity index (χ4n) is 3.49. The highest BCUT2D eigenvalue weighted by molar-refractivity contribution is 6.30. The molecule has 168 valence electrons. The standard InChI is InChI=1S/C22H19ClF2N2O5/c1-11-13(3-7-18(29)26-9-8-19(30)31)20-16(5-6-17(28)21(20)25)27(11)22(32)12-2-4-14(23)15(24)10-12/h2,4-6,10,28H,3,7-9H2,1H3,(H,26,29)(H,30,31). The van der Waals surface area contributed by atoms with Gasteiger partial charge in [0, 0.05) is 29.6 Å². The second-order valence-electron chi connectivity index (χ2n) is 7.12. The van der Waals surface area contributed by atoms with E-state index < -0.39 is 35.2 Å². The van der Waals surface area contributed by atoms with Gasteiger partial charge in [0.1, 0.15) is 5.82 Å². The number of phenols is 1. The number of fused-ring (bicyclic) bond motifs is 1. The zero-order chi connectivity index (χ0) is 23.6. The van der Waals surface area contributed by atoms with Crippen molar-refractivity contribution in [3.05, 3.63) is 63.8 Å². The summed E-state index contributed by atoms with van der Waals surface area (Å²) in [6, 6.07) is 6.01. The summed E-state index contributed by atoms with van der Waals surface area (Å²) in [5.74, 6) is -4.48. The van der Waals surface area contributed by atoms with Crippen molar-refractivity contribution < 1.29 is 33.4 Å². The number of carbonyl (C=O) groups is 3. The number of aromatic nitrogens is 1. The highest BCUT2D eigenvalue weighted by Crippen LogP contribution is 2.34. The number of carbonyl (C=O) groups excluding carboxylic acids is 2. The molecular formula is C22H19ClF2N2O5. The van der Waals surface area contributed by atoms with Crippen LogP contribution in [-0.2, 0) is 16.0 Å². The Morgan fingerprint density at radius 2 is 1.84 bits per heavy atom. The number of aliphatic carboxylic acids is 1. The van der Waals surface area contributed by atoms with E-state index in [0.717, 1.165) is 12.1 Å². The van der Waals surface area contributed by atoms with Gasteiger partial charge in [-0.25, -0.2) is 8.78 Å². The predicted molar refractivity (Wildman–Crippen MR) is 113 cm³/mol. The fourth-order valence-corrected chi connectivity index (χ4v) is 3.60. The van der Waals surface area contributed by atoms with Crippen LogP contribution in [0.1, 0.15) is 34.5 Å². The van der Waals surface area contributed by atoms with E-state index in [4.69, 9.17) is 16.7 Å². The van der Waals surface area contributed by atoms with Gasteiger partial charge in [-0.15, -0.1) is 0 Å². The molecule has 3 N–H and O–H groups in total. The maximum absolute atomic E-state index is 14.8. The van der Waals surface area contributed by atoms with Crippen molar-refractivity contribution in [2.24, 2.45) is 0 Å². The molecule has 1 aromatic heterocycles. The molecule has 10 heteroatoms. The Morgan fingerprint density at radius 3 is 2.50 bits per heavy atom. The van der Waals surface area contributed by atoms with E-state index in [9.17, 15) is 28.3 Å². The molecular weight excluding hydrogens is 446 g/mol. The summed E-state index contributed by atoms with van der Waals surface area (Å²) in [7, 11) is 0. The highest BCUT2D eigenvalue weighted by atomic mass is 35.5. The van der Waals surface area contributed by atoms with E-state index in [2.05, 4.69) is 5.32 Å². The third kappa shape index (κ3) is 4.57. The SMILES string of the molecule is Cc1c(CCC(=O)NCCC(=O)O)c2c(F)c(O)ccc2n1C(=O)c1ccc(Cl)c(F)c1. The van der Waals surface area contributed by atoms with Crippen molar-refractivity contribution in [3.63, 3.8) is 0 Å². The maximum atomic E-state index is 14.8. The molecule has 0 fully saturated rings. The molecule has 1 heterocycles. The van der Waals surface area contributed by atoms with Crippen LogP contribution in [-0.4, -0.2) is 39.1 Å². The van der Waals surface area contributed by atoms with E-state index in [-0.39, 0.29) is 47.3 Å². The number of nitrogens with zero attached hydrogens (tertiary/aromatic N) is 1. The Hall–Kier alpha value is -3.46. The summed E-state index contributed by atoms with van der Waals surface area (Å²) < 4.78 is 29.9. The topological polar surface area (TPSA) is 109 Å². The first-order chi connectivity index (χ1) is 15.1. The molecule has 0 unspecified atom stereocenters. The van der Waals surface area contributed by atoms with Gasteiger partial charge in [-0.05, 0) is 49.2 Å². The van der Waals surface area contributed by atoms with Gasteiger partial charge in [0.25, 0.3) is 5.91 Å². The van der Waals surface area contributed by atoms with E-state index >= 15 is 0 Å². The van der Waals surface area contributed by atoms with Gasteiger partial charge in [0.05, 0.1) is 17.0 Å². The van der Waals surface area contributed by atoms with Crippen molar-refractivity contribution in [2.75, 3.05) is 6.54 Å². The second-order valence-corrected chi connectivity index (χ2v) is 7.53. The summed E-state index contributed by atoms with van der Waals surface area (Å²) in [4.78, 5) is 35.7. The van der Waals surface area contributed by atoms with Crippen LogP contribution >= 0.6 is 11.6 Å². The zero-order valence-corrected chi connectivity index (χ0v) is 17.7. The molecule has 0 radical (unpaired) electrons. The van der Waals surface area contributed by atoms with E-state index in [0.29, 0.717) is 11.3 Å². The number of halogens is 3. The molecule has 0 saturated carbocycles. The molecule has 7 nitrogen and oxygen atoms in total. The van der Waals surface area contributed by atoms with Crippen LogP contribution in [0.15, 0.2) is 30.3 Å². The average Bonchev–Trinajstić information content (AvgIpc) is 3.02. The Labute approximate surface area is 186 Å². The lowest BCUT2D eigenvalue weighted by Crippen LogP contribution is -2.26. The Balaban J connectivity index is 2.00. The Morgan fingerprint density at radius 1 is 1.12 bits per heavy atom. The van der Waals surface area contributed by atoms with Gasteiger partial charge in [0.2, 0.25) is 5.91 Å². The number of amides is 1.